The van der Waals surface area contributed by atoms with Gasteiger partial charge in [-0.05, 0) is 70.9 Å². The minimum absolute atomic E-state index is 0.0704. The molecule has 0 radical (unpaired) electrons. The number of carbonyl (C=O) groups is 4. The van der Waals surface area contributed by atoms with Gasteiger partial charge in [0.25, 0.3) is 17.7 Å². The smallest absolute Gasteiger partial charge is 0.272 e. The molecular formula is C29H24N4O4S2. The molecule has 0 bridgehead atoms. The van der Waals surface area contributed by atoms with Crippen LogP contribution in [-0.2, 0) is 9.59 Å². The Morgan fingerprint density at radius 2 is 1.64 bits per heavy atom. The summed E-state index contributed by atoms with van der Waals surface area (Å²) >= 11 is 2.74. The zero-order valence-electron chi connectivity index (χ0n) is 20.5. The van der Waals surface area contributed by atoms with E-state index >= 15 is 0 Å². The van der Waals surface area contributed by atoms with Crippen LogP contribution in [-0.4, -0.2) is 29.4 Å². The molecule has 1 aromatic heterocycles. The van der Waals surface area contributed by atoms with Gasteiger partial charge in [0, 0.05) is 16.1 Å². The number of benzene rings is 3. The highest BCUT2D eigenvalue weighted by molar-refractivity contribution is 8.00. The molecule has 39 heavy (non-hydrogen) atoms. The van der Waals surface area contributed by atoms with Crippen LogP contribution in [0.15, 0.2) is 106 Å². The zero-order valence-corrected chi connectivity index (χ0v) is 22.2. The number of thiophene rings is 1. The number of amides is 4. The van der Waals surface area contributed by atoms with Gasteiger partial charge in [0.15, 0.2) is 0 Å². The predicted molar refractivity (Wildman–Crippen MR) is 156 cm³/mol. The van der Waals surface area contributed by atoms with Crippen LogP contribution in [0.4, 0.5) is 11.4 Å². The molecule has 0 atom stereocenters. The summed E-state index contributed by atoms with van der Waals surface area (Å²) in [5, 5.41) is 12.0. The SMILES string of the molecule is NC(=O)c1ccccc1NC(=O)CSc1cccc(NC(=O)/C(=C\c2ccsc2)NC(=O)c2ccccc2)c1. The van der Waals surface area contributed by atoms with Gasteiger partial charge in [-0.15, -0.1) is 11.8 Å². The Hall–Kier alpha value is -4.67. The molecule has 3 aromatic carbocycles. The van der Waals surface area contributed by atoms with Gasteiger partial charge in [0.05, 0.1) is 17.0 Å². The minimum atomic E-state index is -0.630. The van der Waals surface area contributed by atoms with E-state index in [0.29, 0.717) is 16.9 Å². The van der Waals surface area contributed by atoms with Gasteiger partial charge in [-0.3, -0.25) is 19.2 Å². The first-order valence-electron chi connectivity index (χ1n) is 11.7. The predicted octanol–water partition coefficient (Wildman–Crippen LogP) is 4.99. The number of thioether (sulfide) groups is 1. The monoisotopic (exact) mass is 556 g/mol. The number of hydrogen-bond acceptors (Lipinski definition) is 6. The zero-order chi connectivity index (χ0) is 27.6. The number of nitrogens with one attached hydrogen (secondary N) is 3. The summed E-state index contributed by atoms with van der Waals surface area (Å²) in [5.74, 6) is -1.77. The third-order valence-electron chi connectivity index (χ3n) is 5.31. The lowest BCUT2D eigenvalue weighted by atomic mass is 10.1. The summed E-state index contributed by atoms with van der Waals surface area (Å²) < 4.78 is 0. The molecule has 196 valence electrons. The Labute approximate surface area is 233 Å². The van der Waals surface area contributed by atoms with Crippen molar-refractivity contribution in [1.29, 1.82) is 0 Å². The maximum Gasteiger partial charge on any atom is 0.272 e. The summed E-state index contributed by atoms with van der Waals surface area (Å²) in [7, 11) is 0. The second-order valence-electron chi connectivity index (χ2n) is 8.16. The van der Waals surface area contributed by atoms with Crippen molar-refractivity contribution in [2.45, 2.75) is 4.90 Å². The van der Waals surface area contributed by atoms with Crippen LogP contribution < -0.4 is 21.7 Å². The number of nitrogens with two attached hydrogens (primary N) is 1. The Morgan fingerprint density at radius 1 is 0.872 bits per heavy atom. The molecule has 5 N–H and O–H groups in total. The first-order valence-corrected chi connectivity index (χ1v) is 13.6. The fraction of sp³-hybridized carbons (Fsp3) is 0.0345. The normalized spacial score (nSPS) is 10.9. The average molecular weight is 557 g/mol. The molecule has 4 aromatic rings. The van der Waals surface area contributed by atoms with Crippen molar-refractivity contribution in [3.63, 3.8) is 0 Å². The van der Waals surface area contributed by atoms with Crippen LogP contribution >= 0.6 is 23.1 Å². The molecule has 4 amide bonds. The molecule has 0 unspecified atom stereocenters. The highest BCUT2D eigenvalue weighted by atomic mass is 32.2. The first-order chi connectivity index (χ1) is 18.9. The van der Waals surface area contributed by atoms with Gasteiger partial charge in [-0.25, -0.2) is 0 Å². The molecule has 0 aliphatic rings. The van der Waals surface area contributed by atoms with E-state index in [4.69, 9.17) is 5.73 Å². The number of carbonyl (C=O) groups excluding carboxylic acids is 4. The Bertz CT molecular complexity index is 1520. The maximum atomic E-state index is 13.2. The first kappa shape index (κ1) is 27.4. The van der Waals surface area contributed by atoms with Crippen LogP contribution in [0.2, 0.25) is 0 Å². The fourth-order valence-corrected chi connectivity index (χ4v) is 4.84. The topological polar surface area (TPSA) is 130 Å². The maximum absolute atomic E-state index is 13.2. The Kier molecular flexibility index (Phi) is 9.28. The highest BCUT2D eigenvalue weighted by Crippen LogP contribution is 2.23. The second-order valence-corrected chi connectivity index (χ2v) is 9.99. The van der Waals surface area contributed by atoms with E-state index in [2.05, 4.69) is 16.0 Å². The van der Waals surface area contributed by atoms with Crippen LogP contribution in [0, 0.1) is 0 Å². The molecule has 8 nitrogen and oxygen atoms in total. The van der Waals surface area contributed by atoms with Gasteiger partial charge in [-0.1, -0.05) is 36.4 Å². The van der Waals surface area contributed by atoms with Crippen molar-refractivity contribution in [3.05, 3.63) is 118 Å². The van der Waals surface area contributed by atoms with Crippen molar-refractivity contribution in [2.24, 2.45) is 5.73 Å². The number of para-hydroxylation sites is 1. The summed E-state index contributed by atoms with van der Waals surface area (Å²) in [4.78, 5) is 50.7. The molecular weight excluding hydrogens is 532 g/mol. The molecule has 10 heteroatoms. The quantitative estimate of drug-likeness (QED) is 0.162. The van der Waals surface area contributed by atoms with Crippen LogP contribution in [0.25, 0.3) is 6.08 Å². The van der Waals surface area contributed by atoms with Crippen molar-refractivity contribution >= 4 is 64.2 Å². The largest absolute Gasteiger partial charge is 0.366 e. The summed E-state index contributed by atoms with van der Waals surface area (Å²) in [6.45, 7) is 0. The number of anilines is 2. The van der Waals surface area contributed by atoms with E-state index in [1.54, 1.807) is 78.9 Å². The molecule has 0 aliphatic heterocycles. The van der Waals surface area contributed by atoms with Gasteiger partial charge >= 0.3 is 0 Å². The molecule has 0 saturated carbocycles. The van der Waals surface area contributed by atoms with Crippen molar-refractivity contribution in [3.8, 4) is 0 Å². The van der Waals surface area contributed by atoms with Crippen molar-refractivity contribution < 1.29 is 19.2 Å². The van der Waals surface area contributed by atoms with E-state index in [0.717, 1.165) is 10.5 Å². The third kappa shape index (κ3) is 7.91. The van der Waals surface area contributed by atoms with Crippen LogP contribution in [0.1, 0.15) is 26.3 Å². The summed E-state index contributed by atoms with van der Waals surface area (Å²) in [6, 6.07) is 24.0. The lowest BCUT2D eigenvalue weighted by molar-refractivity contribution is -0.114. The van der Waals surface area contributed by atoms with Gasteiger partial charge in [-0.2, -0.15) is 11.3 Å². The van der Waals surface area contributed by atoms with E-state index in [1.807, 2.05) is 22.9 Å². The Balaban J connectivity index is 1.41. The number of hydrogen-bond donors (Lipinski definition) is 4. The van der Waals surface area contributed by atoms with Crippen molar-refractivity contribution in [1.82, 2.24) is 5.32 Å². The molecule has 1 heterocycles. The summed E-state index contributed by atoms with van der Waals surface area (Å²) in [5.41, 5.74) is 7.74. The average Bonchev–Trinajstić information content (AvgIpc) is 3.45. The second kappa shape index (κ2) is 13.2. The van der Waals surface area contributed by atoms with E-state index in [1.165, 1.54) is 23.1 Å². The van der Waals surface area contributed by atoms with E-state index < -0.39 is 17.7 Å². The standard InChI is InChI=1S/C29H24N4O4S2/c30-27(35)23-11-4-5-12-24(23)32-26(34)18-39-22-10-6-9-21(16-22)31-29(37)25(15-19-13-14-38-17-19)33-28(36)20-7-2-1-3-8-20/h1-17H,18H2,(H2,30,35)(H,31,37)(H,32,34)(H,33,36)/b25-15+. The van der Waals surface area contributed by atoms with Gasteiger partial charge in [0.2, 0.25) is 5.91 Å². The van der Waals surface area contributed by atoms with Crippen LogP contribution in [0.3, 0.4) is 0 Å². The van der Waals surface area contributed by atoms with Crippen LogP contribution in [0.5, 0.6) is 0 Å². The molecule has 0 fully saturated rings. The fourth-order valence-electron chi connectivity index (χ4n) is 3.47. The number of rotatable bonds is 10. The third-order valence-corrected chi connectivity index (χ3v) is 7.01. The molecule has 4 rings (SSSR count). The summed E-state index contributed by atoms with van der Waals surface area (Å²) in [6.07, 6.45) is 1.61. The lowest BCUT2D eigenvalue weighted by Gasteiger charge is -2.12. The highest BCUT2D eigenvalue weighted by Gasteiger charge is 2.16. The van der Waals surface area contributed by atoms with E-state index in [9.17, 15) is 19.2 Å². The van der Waals surface area contributed by atoms with E-state index in [-0.39, 0.29) is 22.9 Å². The molecule has 0 saturated heterocycles. The van der Waals surface area contributed by atoms with Gasteiger partial charge < -0.3 is 21.7 Å². The van der Waals surface area contributed by atoms with Gasteiger partial charge in [0.1, 0.15) is 5.70 Å². The van der Waals surface area contributed by atoms with Crippen molar-refractivity contribution in [2.75, 3.05) is 16.4 Å². The Morgan fingerprint density at radius 3 is 2.38 bits per heavy atom. The minimum Gasteiger partial charge on any atom is -0.366 e. The molecule has 0 aliphatic carbocycles. The molecule has 0 spiro atoms. The number of primary amides is 1. The lowest BCUT2D eigenvalue weighted by Crippen LogP contribution is -2.30.